The minimum Gasteiger partial charge on any atom is -0.504 e. The SMILES string of the molecule is CCC1(Nc2c(Nc3ccc(Cl)c(S(=O)(=O)N(C)C)c3O)c(=O)c2=O)CCCCC1. The van der Waals surface area contributed by atoms with Crippen LogP contribution in [0.5, 0.6) is 5.75 Å². The average molecular weight is 456 g/mol. The van der Waals surface area contributed by atoms with Crippen molar-refractivity contribution in [3.05, 3.63) is 37.6 Å². The van der Waals surface area contributed by atoms with Crippen LogP contribution in [0, 0.1) is 0 Å². The van der Waals surface area contributed by atoms with Gasteiger partial charge in [0.15, 0.2) is 5.75 Å². The van der Waals surface area contributed by atoms with E-state index in [2.05, 4.69) is 10.6 Å². The van der Waals surface area contributed by atoms with E-state index in [4.69, 9.17) is 11.6 Å². The Kier molecular flexibility index (Phi) is 6.18. The van der Waals surface area contributed by atoms with Crippen molar-refractivity contribution in [2.45, 2.75) is 55.9 Å². The van der Waals surface area contributed by atoms with Gasteiger partial charge in [0.05, 0.1) is 10.7 Å². The fraction of sp³-hybridized carbons (Fsp3) is 0.500. The maximum Gasteiger partial charge on any atom is 0.253 e. The van der Waals surface area contributed by atoms with E-state index in [0.29, 0.717) is 0 Å². The van der Waals surface area contributed by atoms with Crippen LogP contribution in [-0.2, 0) is 10.0 Å². The molecular weight excluding hydrogens is 430 g/mol. The highest BCUT2D eigenvalue weighted by molar-refractivity contribution is 7.89. The summed E-state index contributed by atoms with van der Waals surface area (Å²) in [4.78, 5) is 24.0. The number of halogens is 1. The third-order valence-corrected chi connectivity index (χ3v) is 8.19. The second-order valence-corrected chi connectivity index (χ2v) is 10.4. The summed E-state index contributed by atoms with van der Waals surface area (Å²) in [6.07, 6.45) is 5.84. The lowest BCUT2D eigenvalue weighted by molar-refractivity contribution is 0.314. The molecule has 1 aliphatic rings. The summed E-state index contributed by atoms with van der Waals surface area (Å²) in [6.45, 7) is 2.04. The maximum atomic E-state index is 12.5. The molecule has 0 saturated heterocycles. The zero-order chi connectivity index (χ0) is 22.3. The number of benzene rings is 1. The lowest BCUT2D eigenvalue weighted by atomic mass is 9.79. The van der Waals surface area contributed by atoms with Crippen LogP contribution in [0.15, 0.2) is 26.6 Å². The molecule has 0 aliphatic heterocycles. The van der Waals surface area contributed by atoms with Crippen LogP contribution in [0.4, 0.5) is 17.1 Å². The lowest BCUT2D eigenvalue weighted by Gasteiger charge is -2.39. The number of sulfonamides is 1. The molecule has 10 heteroatoms. The predicted octanol–water partition coefficient (Wildman–Crippen LogP) is 3.16. The normalized spacial score (nSPS) is 16.7. The second-order valence-electron chi connectivity index (χ2n) is 7.91. The van der Waals surface area contributed by atoms with Gasteiger partial charge in [0.1, 0.15) is 16.3 Å². The summed E-state index contributed by atoms with van der Waals surface area (Å²) in [6, 6.07) is 2.68. The number of nitrogens with zero attached hydrogens (tertiary/aromatic N) is 1. The fourth-order valence-corrected chi connectivity index (χ4v) is 5.38. The van der Waals surface area contributed by atoms with Crippen LogP contribution in [0.1, 0.15) is 45.4 Å². The zero-order valence-electron chi connectivity index (χ0n) is 17.2. The van der Waals surface area contributed by atoms with Crippen LogP contribution >= 0.6 is 11.6 Å². The summed E-state index contributed by atoms with van der Waals surface area (Å²) >= 11 is 6.02. The van der Waals surface area contributed by atoms with Gasteiger partial charge in [-0.05, 0) is 31.4 Å². The van der Waals surface area contributed by atoms with E-state index in [-0.39, 0.29) is 27.6 Å². The number of rotatable bonds is 7. The Morgan fingerprint density at radius 3 is 2.27 bits per heavy atom. The van der Waals surface area contributed by atoms with Gasteiger partial charge < -0.3 is 15.7 Å². The Balaban J connectivity index is 1.98. The number of phenolic OH excluding ortho intramolecular Hbond substituents is 1. The van der Waals surface area contributed by atoms with Gasteiger partial charge in [0.2, 0.25) is 10.0 Å². The van der Waals surface area contributed by atoms with E-state index in [1.54, 1.807) is 0 Å². The average Bonchev–Trinajstić information content (AvgIpc) is 2.72. The largest absolute Gasteiger partial charge is 0.504 e. The van der Waals surface area contributed by atoms with Crippen LogP contribution in [0.2, 0.25) is 5.02 Å². The summed E-state index contributed by atoms with van der Waals surface area (Å²) in [5.41, 5.74) is -1.42. The molecule has 164 valence electrons. The fourth-order valence-electron chi connectivity index (χ4n) is 3.90. The molecule has 1 aliphatic carbocycles. The van der Waals surface area contributed by atoms with Crippen LogP contribution < -0.4 is 21.5 Å². The zero-order valence-corrected chi connectivity index (χ0v) is 18.8. The Morgan fingerprint density at radius 2 is 1.70 bits per heavy atom. The molecule has 30 heavy (non-hydrogen) atoms. The molecule has 0 unspecified atom stereocenters. The van der Waals surface area contributed by atoms with Crippen molar-refractivity contribution < 1.29 is 13.5 Å². The van der Waals surface area contributed by atoms with Gasteiger partial charge in [-0.25, -0.2) is 12.7 Å². The molecule has 8 nitrogen and oxygen atoms in total. The third-order valence-electron chi connectivity index (χ3n) is 5.87. The molecule has 1 saturated carbocycles. The van der Waals surface area contributed by atoms with Gasteiger partial charge in [-0.2, -0.15) is 0 Å². The first kappa shape index (κ1) is 22.6. The van der Waals surface area contributed by atoms with E-state index in [0.717, 1.165) is 42.8 Å². The van der Waals surface area contributed by atoms with Gasteiger partial charge in [-0.1, -0.05) is 37.8 Å². The van der Waals surface area contributed by atoms with Crippen molar-refractivity contribution in [2.24, 2.45) is 0 Å². The van der Waals surface area contributed by atoms with Crippen molar-refractivity contribution in [3.63, 3.8) is 0 Å². The van der Waals surface area contributed by atoms with Gasteiger partial charge in [0, 0.05) is 19.6 Å². The van der Waals surface area contributed by atoms with E-state index >= 15 is 0 Å². The highest BCUT2D eigenvalue weighted by atomic mass is 35.5. The molecule has 2 aromatic carbocycles. The number of hydrogen-bond donors (Lipinski definition) is 3. The van der Waals surface area contributed by atoms with Crippen molar-refractivity contribution in [3.8, 4) is 5.75 Å². The first-order chi connectivity index (χ1) is 14.0. The molecular formula is C20H26ClN3O5S. The van der Waals surface area contributed by atoms with E-state index in [9.17, 15) is 23.1 Å². The molecule has 0 radical (unpaired) electrons. The summed E-state index contributed by atoms with van der Waals surface area (Å²) in [7, 11) is -1.40. The minimum atomic E-state index is -4.03. The smallest absolute Gasteiger partial charge is 0.253 e. The monoisotopic (exact) mass is 455 g/mol. The Labute approximate surface area is 180 Å². The number of hydrogen-bond acceptors (Lipinski definition) is 7. The lowest BCUT2D eigenvalue weighted by Crippen LogP contribution is -2.46. The maximum absolute atomic E-state index is 12.5. The Bertz CT molecular complexity index is 1130. The first-order valence-electron chi connectivity index (χ1n) is 9.86. The molecule has 2 aromatic rings. The van der Waals surface area contributed by atoms with E-state index in [1.165, 1.54) is 26.2 Å². The minimum absolute atomic E-state index is 0.0178. The van der Waals surface area contributed by atoms with Crippen molar-refractivity contribution >= 4 is 38.7 Å². The standard InChI is InChI=1S/C20H26ClN3O5S/c1-4-20(10-6-5-7-11-20)23-15-14(17(26)18(15)27)22-13-9-8-12(21)19(16(13)25)30(28,29)24(2)3/h8-9,22-23,25H,4-7,10-11H2,1-3H3. The topological polar surface area (TPSA) is 116 Å². The van der Waals surface area contributed by atoms with Crippen LogP contribution in [-0.4, -0.2) is 37.5 Å². The molecule has 0 aromatic heterocycles. The van der Waals surface area contributed by atoms with Crippen molar-refractivity contribution in [1.82, 2.24) is 4.31 Å². The van der Waals surface area contributed by atoms with E-state index < -0.39 is 31.5 Å². The number of anilines is 3. The van der Waals surface area contributed by atoms with Crippen molar-refractivity contribution in [2.75, 3.05) is 24.7 Å². The molecule has 0 spiro atoms. The molecule has 0 amide bonds. The molecule has 0 atom stereocenters. The van der Waals surface area contributed by atoms with Gasteiger partial charge in [-0.15, -0.1) is 0 Å². The predicted molar refractivity (Wildman–Crippen MR) is 118 cm³/mol. The first-order valence-corrected chi connectivity index (χ1v) is 11.7. The molecule has 0 bridgehead atoms. The molecule has 0 heterocycles. The molecule has 3 N–H and O–H groups in total. The van der Waals surface area contributed by atoms with E-state index in [1.807, 2.05) is 6.92 Å². The Hall–Kier alpha value is -2.10. The highest BCUT2D eigenvalue weighted by Gasteiger charge is 2.34. The number of nitrogens with one attached hydrogen (secondary N) is 2. The van der Waals surface area contributed by atoms with Crippen LogP contribution in [0.3, 0.4) is 0 Å². The Morgan fingerprint density at radius 1 is 1.10 bits per heavy atom. The van der Waals surface area contributed by atoms with Gasteiger partial charge in [-0.3, -0.25) is 9.59 Å². The van der Waals surface area contributed by atoms with Crippen molar-refractivity contribution in [1.29, 1.82) is 0 Å². The summed E-state index contributed by atoms with van der Waals surface area (Å²) in [5.74, 6) is -0.613. The second kappa shape index (κ2) is 8.20. The summed E-state index contributed by atoms with van der Waals surface area (Å²) < 4.78 is 26.0. The molecule has 1 fully saturated rings. The van der Waals surface area contributed by atoms with Crippen LogP contribution in [0.25, 0.3) is 0 Å². The third kappa shape index (κ3) is 3.81. The molecule has 3 rings (SSSR count). The highest BCUT2D eigenvalue weighted by Crippen LogP contribution is 2.40. The number of aromatic hydroxyl groups is 1. The number of phenols is 1. The quantitative estimate of drug-likeness (QED) is 0.433. The summed E-state index contributed by atoms with van der Waals surface area (Å²) in [5, 5.41) is 16.5. The van der Waals surface area contributed by atoms with Gasteiger partial charge in [0.25, 0.3) is 10.9 Å². The van der Waals surface area contributed by atoms with Gasteiger partial charge >= 0.3 is 0 Å².